The summed E-state index contributed by atoms with van der Waals surface area (Å²) in [6.45, 7) is 0.594. The van der Waals surface area contributed by atoms with Crippen LogP contribution in [0.25, 0.3) is 0 Å². The lowest BCUT2D eigenvalue weighted by Gasteiger charge is -2.08. The molecular weight excluding hydrogens is 214 g/mol. The fraction of sp³-hybridized carbons (Fsp3) is 0.500. The number of ether oxygens (including phenoxy) is 1. The third kappa shape index (κ3) is 4.10. The van der Waals surface area contributed by atoms with Gasteiger partial charge in [-0.25, -0.2) is 10.1 Å². The molecule has 17 heavy (non-hydrogen) atoms. The van der Waals surface area contributed by atoms with Crippen molar-refractivity contribution in [3.63, 3.8) is 0 Å². The van der Waals surface area contributed by atoms with Gasteiger partial charge in [-0.05, 0) is 24.5 Å². The second-order valence-electron chi connectivity index (χ2n) is 4.50. The first-order chi connectivity index (χ1) is 8.34. The maximum Gasteiger partial charge on any atom is 0.434 e. The largest absolute Gasteiger partial charge is 0.434 e. The first-order valence-corrected chi connectivity index (χ1v) is 6.29. The summed E-state index contributed by atoms with van der Waals surface area (Å²) in [6.07, 6.45) is 5.79. The van der Waals surface area contributed by atoms with Gasteiger partial charge in [0.05, 0.1) is 0 Å². The number of nitrogens with zero attached hydrogens (tertiary/aromatic N) is 1. The minimum Gasteiger partial charge on any atom is -0.409 e. The Hall–Kier alpha value is -1.51. The van der Waals surface area contributed by atoms with Crippen molar-refractivity contribution in [1.82, 2.24) is 5.32 Å². The van der Waals surface area contributed by atoms with Gasteiger partial charge in [0.2, 0.25) is 0 Å². The minimum absolute atomic E-state index is 0.478. The van der Waals surface area contributed by atoms with E-state index in [4.69, 9.17) is 4.74 Å². The number of carbonyl (C=O) groups excluding carboxylic acids is 1. The number of carbonyl (C=O) groups is 1. The lowest BCUT2D eigenvalue weighted by molar-refractivity contribution is 0.198. The van der Waals surface area contributed by atoms with Crippen molar-refractivity contribution in [2.45, 2.75) is 32.1 Å². The molecule has 0 heterocycles. The molecule has 0 atom stereocenters. The summed E-state index contributed by atoms with van der Waals surface area (Å²) in [5.74, 6) is 1.32. The Labute approximate surface area is 102 Å². The predicted molar refractivity (Wildman–Crippen MR) is 66.0 cm³/mol. The van der Waals surface area contributed by atoms with Crippen LogP contribution in [0.4, 0.5) is 4.79 Å². The van der Waals surface area contributed by atoms with Crippen molar-refractivity contribution in [3.8, 4) is 5.75 Å². The Kier molecular flexibility index (Phi) is 4.42. The molecule has 1 fully saturated rings. The van der Waals surface area contributed by atoms with Crippen molar-refractivity contribution >= 4 is 6.09 Å². The summed E-state index contributed by atoms with van der Waals surface area (Å²) in [6, 6.07) is 9.06. The van der Waals surface area contributed by atoms with Crippen LogP contribution in [0.1, 0.15) is 32.1 Å². The number of hydrogen-bond acceptors (Lipinski definition) is 2. The van der Waals surface area contributed by atoms with E-state index in [-0.39, 0.29) is 0 Å². The van der Waals surface area contributed by atoms with E-state index in [1.165, 1.54) is 25.7 Å². The second kappa shape index (κ2) is 6.28. The van der Waals surface area contributed by atoms with E-state index < -0.39 is 6.09 Å². The molecule has 1 aromatic carbocycles. The monoisotopic (exact) mass is 232 g/mol. The van der Waals surface area contributed by atoms with E-state index >= 15 is 0 Å². The Morgan fingerprint density at radius 2 is 1.94 bits per heavy atom. The summed E-state index contributed by atoms with van der Waals surface area (Å²) < 4.78 is 5.07. The second-order valence-corrected chi connectivity index (χ2v) is 4.50. The maximum absolute atomic E-state index is 11.4. The molecule has 1 radical (unpaired) electrons. The van der Waals surface area contributed by atoms with E-state index in [2.05, 4.69) is 5.32 Å². The number of para-hydroxylation sites is 1. The van der Waals surface area contributed by atoms with Crippen LogP contribution >= 0.6 is 0 Å². The Bertz CT molecular complexity index is 344. The van der Waals surface area contributed by atoms with Crippen LogP contribution in [0.3, 0.4) is 0 Å². The fourth-order valence-electron chi connectivity index (χ4n) is 2.26. The van der Waals surface area contributed by atoms with Crippen molar-refractivity contribution in [2.24, 2.45) is 5.92 Å². The van der Waals surface area contributed by atoms with Gasteiger partial charge in [0.15, 0.2) is 0 Å². The number of benzene rings is 1. The summed E-state index contributed by atoms with van der Waals surface area (Å²) in [5.41, 5.74) is 0. The highest BCUT2D eigenvalue weighted by atomic mass is 16.5. The highest BCUT2D eigenvalue weighted by Crippen LogP contribution is 2.26. The van der Waals surface area contributed by atoms with Crippen molar-refractivity contribution in [1.29, 1.82) is 0 Å². The zero-order valence-electron chi connectivity index (χ0n) is 9.97. The Morgan fingerprint density at radius 1 is 1.24 bits per heavy atom. The van der Waals surface area contributed by atoms with Gasteiger partial charge in [0.1, 0.15) is 5.75 Å². The third-order valence-corrected chi connectivity index (χ3v) is 3.20. The summed E-state index contributed by atoms with van der Waals surface area (Å²) >= 11 is 0. The molecule has 1 aliphatic carbocycles. The average Bonchev–Trinajstić information content (AvgIpc) is 2.83. The van der Waals surface area contributed by atoms with Gasteiger partial charge in [-0.1, -0.05) is 43.9 Å². The van der Waals surface area contributed by atoms with Crippen molar-refractivity contribution in [3.05, 3.63) is 30.3 Å². The molecule has 0 aliphatic heterocycles. The first-order valence-electron chi connectivity index (χ1n) is 6.29. The molecular formula is C14H18NO2. The molecule has 0 spiro atoms. The summed E-state index contributed by atoms with van der Waals surface area (Å²) in [4.78, 5) is 11.4. The van der Waals surface area contributed by atoms with Crippen LogP contribution in [-0.2, 0) is 0 Å². The fourth-order valence-corrected chi connectivity index (χ4v) is 2.26. The van der Waals surface area contributed by atoms with Crippen LogP contribution in [-0.4, -0.2) is 12.6 Å². The lowest BCUT2D eigenvalue weighted by Crippen LogP contribution is -2.21. The molecule has 0 bridgehead atoms. The molecule has 1 aliphatic rings. The SMILES string of the molecule is O=C([N]CCC1CCCC1)Oc1ccccc1. The quantitative estimate of drug-likeness (QED) is 0.798. The highest BCUT2D eigenvalue weighted by molar-refractivity contribution is 5.69. The predicted octanol–water partition coefficient (Wildman–Crippen LogP) is 3.37. The number of amides is 1. The van der Waals surface area contributed by atoms with E-state index in [0.717, 1.165) is 12.3 Å². The van der Waals surface area contributed by atoms with Crippen LogP contribution in [0.5, 0.6) is 5.75 Å². The van der Waals surface area contributed by atoms with E-state index in [9.17, 15) is 4.79 Å². The van der Waals surface area contributed by atoms with Crippen molar-refractivity contribution in [2.75, 3.05) is 6.54 Å². The van der Waals surface area contributed by atoms with Gasteiger partial charge in [0, 0.05) is 6.54 Å². The summed E-state index contributed by atoms with van der Waals surface area (Å²) in [7, 11) is 0. The van der Waals surface area contributed by atoms with Crippen LogP contribution in [0.15, 0.2) is 30.3 Å². The molecule has 0 saturated heterocycles. The average molecular weight is 232 g/mol. The Morgan fingerprint density at radius 3 is 2.65 bits per heavy atom. The summed E-state index contributed by atoms with van der Waals surface area (Å²) in [5, 5.41) is 3.92. The number of hydrogen-bond donors (Lipinski definition) is 0. The molecule has 2 rings (SSSR count). The smallest absolute Gasteiger partial charge is 0.409 e. The van der Waals surface area contributed by atoms with Crippen molar-refractivity contribution < 1.29 is 9.53 Å². The maximum atomic E-state index is 11.4. The van der Waals surface area contributed by atoms with Crippen LogP contribution < -0.4 is 10.1 Å². The molecule has 91 valence electrons. The zero-order valence-corrected chi connectivity index (χ0v) is 9.97. The van der Waals surface area contributed by atoms with Gasteiger partial charge in [-0.2, -0.15) is 0 Å². The molecule has 1 aromatic rings. The van der Waals surface area contributed by atoms with Gasteiger partial charge in [0.25, 0.3) is 0 Å². The molecule has 3 heteroatoms. The third-order valence-electron chi connectivity index (χ3n) is 3.20. The molecule has 3 nitrogen and oxygen atoms in total. The zero-order chi connectivity index (χ0) is 11.9. The standard InChI is InChI=1S/C14H18NO2/c16-14(17-13-8-2-1-3-9-13)15-11-10-12-6-4-5-7-12/h1-3,8-9,12H,4-7,10-11H2. The molecule has 0 N–H and O–H groups in total. The molecule has 0 unspecified atom stereocenters. The van der Waals surface area contributed by atoms with Gasteiger partial charge in [-0.15, -0.1) is 0 Å². The topological polar surface area (TPSA) is 40.4 Å². The molecule has 1 amide bonds. The van der Waals surface area contributed by atoms with Gasteiger partial charge < -0.3 is 4.74 Å². The van der Waals surface area contributed by atoms with Gasteiger partial charge >= 0.3 is 6.09 Å². The van der Waals surface area contributed by atoms with Gasteiger partial charge in [-0.3, -0.25) is 0 Å². The number of rotatable bonds is 4. The lowest BCUT2D eigenvalue weighted by atomic mass is 10.0. The minimum atomic E-state index is -0.478. The highest BCUT2D eigenvalue weighted by Gasteiger charge is 2.15. The molecule has 1 saturated carbocycles. The van der Waals surface area contributed by atoms with E-state index in [1.54, 1.807) is 12.1 Å². The van der Waals surface area contributed by atoms with Crippen LogP contribution in [0.2, 0.25) is 0 Å². The first kappa shape index (κ1) is 12.0. The van der Waals surface area contributed by atoms with Crippen LogP contribution in [0, 0.1) is 5.92 Å². The van der Waals surface area contributed by atoms with E-state index in [1.807, 2.05) is 18.2 Å². The van der Waals surface area contributed by atoms with E-state index in [0.29, 0.717) is 12.3 Å². The molecule has 0 aromatic heterocycles. The normalized spacial score (nSPS) is 15.8. The Balaban J connectivity index is 1.64.